The van der Waals surface area contributed by atoms with Crippen molar-refractivity contribution >= 4 is 39.1 Å². The van der Waals surface area contributed by atoms with Crippen LogP contribution in [0.2, 0.25) is 0 Å². The summed E-state index contributed by atoms with van der Waals surface area (Å²) in [7, 11) is 1.35. The van der Waals surface area contributed by atoms with Gasteiger partial charge < -0.3 is 14.3 Å². The summed E-state index contributed by atoms with van der Waals surface area (Å²) in [4.78, 5) is 28.0. The Morgan fingerprint density at radius 1 is 1.11 bits per heavy atom. The lowest BCUT2D eigenvalue weighted by molar-refractivity contribution is 0.0601. The molecule has 132 valence electrons. The summed E-state index contributed by atoms with van der Waals surface area (Å²) in [5, 5.41) is 7.58. The van der Waals surface area contributed by atoms with Crippen molar-refractivity contribution in [1.82, 2.24) is 15.2 Å². The molecule has 0 amide bonds. The van der Waals surface area contributed by atoms with Crippen LogP contribution in [-0.4, -0.2) is 28.3 Å². The average Bonchev–Trinajstić information content (AvgIpc) is 3.29. The molecule has 0 aliphatic carbocycles. The number of rotatable bonds is 2. The molecule has 2 aromatic carbocycles. The minimum absolute atomic E-state index is 0.121. The van der Waals surface area contributed by atoms with Crippen molar-refractivity contribution in [3.63, 3.8) is 0 Å². The van der Waals surface area contributed by atoms with Gasteiger partial charge in [0.2, 0.25) is 0 Å². The van der Waals surface area contributed by atoms with Gasteiger partial charge in [-0.1, -0.05) is 12.1 Å². The molecule has 0 aliphatic heterocycles. The van der Waals surface area contributed by atoms with Gasteiger partial charge in [0.15, 0.2) is 16.7 Å². The number of aromatic amines is 2. The Bertz CT molecular complexity index is 1390. The molecule has 3 heterocycles. The quantitative estimate of drug-likeness (QED) is 0.469. The number of nitrogens with one attached hydrogen (secondary N) is 2. The van der Waals surface area contributed by atoms with E-state index in [0.29, 0.717) is 27.9 Å². The number of furan rings is 1. The zero-order chi connectivity index (χ0) is 18.5. The summed E-state index contributed by atoms with van der Waals surface area (Å²) < 4.78 is 10.8. The highest BCUT2D eigenvalue weighted by Gasteiger charge is 2.19. The number of H-pyrrole nitrogens is 2. The van der Waals surface area contributed by atoms with E-state index in [0.717, 1.165) is 21.9 Å². The fourth-order valence-electron chi connectivity index (χ4n) is 3.35. The third kappa shape index (κ3) is 2.25. The molecule has 0 aliphatic rings. The number of benzene rings is 2. The molecule has 0 bridgehead atoms. The lowest BCUT2D eigenvalue weighted by Gasteiger charge is -2.06. The van der Waals surface area contributed by atoms with Crippen LogP contribution in [0.25, 0.3) is 44.2 Å². The van der Waals surface area contributed by atoms with Gasteiger partial charge in [-0.3, -0.25) is 9.89 Å². The van der Waals surface area contributed by atoms with Gasteiger partial charge in [-0.15, -0.1) is 0 Å². The molecule has 0 fully saturated rings. The van der Waals surface area contributed by atoms with Crippen molar-refractivity contribution < 1.29 is 13.9 Å². The third-order valence-corrected chi connectivity index (χ3v) is 4.61. The average molecular weight is 359 g/mol. The topological polar surface area (TPSA) is 101 Å². The predicted octanol–water partition coefficient (Wildman–Crippen LogP) is 3.60. The van der Waals surface area contributed by atoms with Gasteiger partial charge in [0.05, 0.1) is 12.7 Å². The van der Waals surface area contributed by atoms with Crippen LogP contribution >= 0.6 is 0 Å². The number of ether oxygens (including phenoxy) is 1. The smallest absolute Gasteiger partial charge is 0.337 e. The normalized spacial score (nSPS) is 11.4. The first-order valence-electron chi connectivity index (χ1n) is 8.26. The Hall–Kier alpha value is -3.87. The van der Waals surface area contributed by atoms with Crippen molar-refractivity contribution in [2.45, 2.75) is 0 Å². The summed E-state index contributed by atoms with van der Waals surface area (Å²) in [6.45, 7) is 0. The molecule has 0 atom stereocenters. The maximum absolute atomic E-state index is 11.7. The molecule has 0 radical (unpaired) electrons. The molecular weight excluding hydrogens is 346 g/mol. The zero-order valence-electron chi connectivity index (χ0n) is 14.2. The van der Waals surface area contributed by atoms with Crippen molar-refractivity contribution in [3.8, 4) is 11.1 Å². The number of hydrogen-bond acceptors (Lipinski definition) is 5. The van der Waals surface area contributed by atoms with E-state index < -0.39 is 5.97 Å². The summed E-state index contributed by atoms with van der Waals surface area (Å²) >= 11 is 0. The van der Waals surface area contributed by atoms with Gasteiger partial charge in [0, 0.05) is 28.6 Å². The fourth-order valence-corrected chi connectivity index (χ4v) is 3.35. The fraction of sp³-hybridized carbons (Fsp3) is 0.0500. The SMILES string of the molecule is COC(=O)c1ccc(-c2c3c[nH][nH]c3nc3c2oc2cc(=O)ccc23)cc1. The number of carbonyl (C=O) groups excluding carboxylic acids is 1. The summed E-state index contributed by atoms with van der Waals surface area (Å²) in [6.07, 6.45) is 1.80. The second kappa shape index (κ2) is 5.57. The van der Waals surface area contributed by atoms with E-state index in [1.165, 1.54) is 19.2 Å². The van der Waals surface area contributed by atoms with E-state index in [-0.39, 0.29) is 5.43 Å². The van der Waals surface area contributed by atoms with Gasteiger partial charge in [0.1, 0.15) is 11.1 Å². The van der Waals surface area contributed by atoms with Gasteiger partial charge in [-0.2, -0.15) is 0 Å². The highest BCUT2D eigenvalue weighted by molar-refractivity contribution is 6.14. The van der Waals surface area contributed by atoms with Crippen LogP contribution < -0.4 is 5.43 Å². The second-order valence-electron chi connectivity index (χ2n) is 6.17. The highest BCUT2D eigenvalue weighted by Crippen LogP contribution is 2.38. The Kier molecular flexibility index (Phi) is 3.17. The van der Waals surface area contributed by atoms with Crippen LogP contribution in [-0.2, 0) is 4.74 Å². The molecule has 5 aromatic rings. The number of esters is 1. The number of pyridine rings is 1. The minimum Gasteiger partial charge on any atom is -0.465 e. The number of hydrogen-bond donors (Lipinski definition) is 2. The van der Waals surface area contributed by atoms with Crippen LogP contribution in [0.5, 0.6) is 0 Å². The minimum atomic E-state index is -0.395. The number of methoxy groups -OCH3 is 1. The largest absolute Gasteiger partial charge is 0.465 e. The molecule has 0 unspecified atom stereocenters. The van der Waals surface area contributed by atoms with E-state index in [4.69, 9.17) is 9.15 Å². The molecule has 0 spiro atoms. The number of fused-ring (bicyclic) bond motifs is 4. The molecule has 2 N–H and O–H groups in total. The van der Waals surface area contributed by atoms with E-state index in [1.54, 1.807) is 24.4 Å². The Labute approximate surface area is 151 Å². The number of nitrogens with zero attached hydrogens (tertiary/aromatic N) is 1. The summed E-state index contributed by atoms with van der Waals surface area (Å²) in [5.74, 6) is -0.395. The molecular formula is C20H13N3O4. The standard InChI is InChI=1S/C20H13N3O4/c1-26-20(25)11-4-2-10(3-5-11)16-14-9-21-23-19(14)22-17-13-7-6-12(24)8-15(13)27-18(16)17/h2-9H,1H3,(H2,21,22,23). The second-order valence-corrected chi connectivity index (χ2v) is 6.17. The monoisotopic (exact) mass is 359 g/mol. The van der Waals surface area contributed by atoms with E-state index in [1.807, 2.05) is 12.1 Å². The summed E-state index contributed by atoms with van der Waals surface area (Å²) in [6, 6.07) is 11.7. The van der Waals surface area contributed by atoms with E-state index in [9.17, 15) is 9.59 Å². The third-order valence-electron chi connectivity index (χ3n) is 4.61. The van der Waals surface area contributed by atoms with E-state index >= 15 is 0 Å². The van der Waals surface area contributed by atoms with Crippen LogP contribution in [0.3, 0.4) is 0 Å². The van der Waals surface area contributed by atoms with Crippen LogP contribution in [0.15, 0.2) is 57.9 Å². The number of carbonyl (C=O) groups is 1. The van der Waals surface area contributed by atoms with E-state index in [2.05, 4.69) is 15.2 Å². The first-order chi connectivity index (χ1) is 13.2. The van der Waals surface area contributed by atoms with Crippen LogP contribution in [0.1, 0.15) is 10.4 Å². The van der Waals surface area contributed by atoms with Crippen molar-refractivity contribution in [2.75, 3.05) is 7.11 Å². The Morgan fingerprint density at radius 2 is 1.93 bits per heavy atom. The molecule has 0 saturated heterocycles. The zero-order valence-corrected chi connectivity index (χ0v) is 14.2. The van der Waals surface area contributed by atoms with Gasteiger partial charge in [-0.05, 0) is 29.8 Å². The Morgan fingerprint density at radius 3 is 2.70 bits per heavy atom. The molecule has 7 nitrogen and oxygen atoms in total. The Balaban J connectivity index is 1.85. The predicted molar refractivity (Wildman–Crippen MR) is 101 cm³/mol. The van der Waals surface area contributed by atoms with Gasteiger partial charge in [-0.25, -0.2) is 9.78 Å². The van der Waals surface area contributed by atoms with Crippen molar-refractivity contribution in [1.29, 1.82) is 0 Å². The first-order valence-corrected chi connectivity index (χ1v) is 8.26. The van der Waals surface area contributed by atoms with Crippen LogP contribution in [0, 0.1) is 0 Å². The molecule has 27 heavy (non-hydrogen) atoms. The molecule has 7 heteroatoms. The van der Waals surface area contributed by atoms with Crippen molar-refractivity contribution in [2.24, 2.45) is 0 Å². The lowest BCUT2D eigenvalue weighted by atomic mass is 10.0. The van der Waals surface area contributed by atoms with Crippen LogP contribution in [0.4, 0.5) is 0 Å². The van der Waals surface area contributed by atoms with Gasteiger partial charge in [0.25, 0.3) is 0 Å². The van der Waals surface area contributed by atoms with Crippen molar-refractivity contribution in [3.05, 3.63) is 64.4 Å². The molecule has 0 saturated carbocycles. The first kappa shape index (κ1) is 15.4. The molecule has 5 rings (SSSR count). The number of aromatic nitrogens is 3. The lowest BCUT2D eigenvalue weighted by Crippen LogP contribution is -2.00. The molecule has 3 aromatic heterocycles. The highest BCUT2D eigenvalue weighted by atomic mass is 16.5. The van der Waals surface area contributed by atoms with Gasteiger partial charge >= 0.3 is 5.97 Å². The maximum Gasteiger partial charge on any atom is 0.337 e. The summed E-state index contributed by atoms with van der Waals surface area (Å²) in [5.41, 5.74) is 4.44. The maximum atomic E-state index is 11.7.